The maximum atomic E-state index is 6.38. The molecule has 0 amide bonds. The van der Waals surface area contributed by atoms with E-state index in [-0.39, 0.29) is 6.04 Å². The lowest BCUT2D eigenvalue weighted by molar-refractivity contribution is 0.179. The quantitative estimate of drug-likeness (QED) is 0.666. The first-order valence-corrected chi connectivity index (χ1v) is 10.7. The van der Waals surface area contributed by atoms with Crippen molar-refractivity contribution < 1.29 is 0 Å². The molecule has 2 heterocycles. The van der Waals surface area contributed by atoms with E-state index in [0.717, 1.165) is 57.0 Å². The summed E-state index contributed by atoms with van der Waals surface area (Å²) in [6.45, 7) is 5.34. The molecule has 1 saturated heterocycles. The Balaban J connectivity index is 1.32. The van der Waals surface area contributed by atoms with Crippen molar-refractivity contribution >= 4 is 0 Å². The maximum absolute atomic E-state index is 6.38. The predicted molar refractivity (Wildman–Crippen MR) is 117 cm³/mol. The number of likely N-dealkylation sites (tertiary alicyclic amines) is 1. The van der Waals surface area contributed by atoms with E-state index in [1.165, 1.54) is 11.1 Å². The highest BCUT2D eigenvalue weighted by molar-refractivity contribution is 5.20. The lowest BCUT2D eigenvalue weighted by Crippen LogP contribution is -2.36. The third-order valence-corrected chi connectivity index (χ3v) is 6.05. The van der Waals surface area contributed by atoms with E-state index < -0.39 is 0 Å². The van der Waals surface area contributed by atoms with Crippen LogP contribution in [0.1, 0.15) is 54.1 Å². The van der Waals surface area contributed by atoms with Crippen LogP contribution in [0.25, 0.3) is 0 Å². The van der Waals surface area contributed by atoms with Gasteiger partial charge in [-0.1, -0.05) is 60.7 Å². The fraction of sp³-hybridized carbons (Fsp3) is 0.417. The second kappa shape index (κ2) is 9.33. The maximum Gasteiger partial charge on any atom is 0.137 e. The lowest BCUT2D eigenvalue weighted by Gasteiger charge is -2.34. The molecule has 5 heteroatoms. The molecule has 2 aromatic carbocycles. The normalized spacial score (nSPS) is 16.8. The van der Waals surface area contributed by atoms with Gasteiger partial charge in [-0.05, 0) is 43.9 Å². The van der Waals surface area contributed by atoms with Crippen LogP contribution in [0.15, 0.2) is 60.7 Å². The van der Waals surface area contributed by atoms with E-state index in [1.54, 1.807) is 0 Å². The number of hydrogen-bond acceptors (Lipinski definition) is 4. The van der Waals surface area contributed by atoms with Gasteiger partial charge in [0.05, 0.1) is 0 Å². The molecule has 1 aliphatic rings. The van der Waals surface area contributed by atoms with Crippen molar-refractivity contribution in [3.05, 3.63) is 83.4 Å². The summed E-state index contributed by atoms with van der Waals surface area (Å²) in [5.74, 6) is 2.11. The van der Waals surface area contributed by atoms with Crippen LogP contribution in [-0.4, -0.2) is 39.3 Å². The molecular formula is C24H31N5. The number of nitrogens with two attached hydrogens (primary N) is 1. The average molecular weight is 390 g/mol. The van der Waals surface area contributed by atoms with Gasteiger partial charge in [0.2, 0.25) is 0 Å². The number of rotatable bonds is 7. The molecule has 152 valence electrons. The summed E-state index contributed by atoms with van der Waals surface area (Å²) >= 11 is 0. The van der Waals surface area contributed by atoms with Crippen LogP contribution >= 0.6 is 0 Å². The van der Waals surface area contributed by atoms with E-state index in [1.807, 2.05) is 6.07 Å². The molecule has 3 aromatic rings. The van der Waals surface area contributed by atoms with Crippen molar-refractivity contribution in [2.75, 3.05) is 19.6 Å². The molecule has 0 bridgehead atoms. The van der Waals surface area contributed by atoms with Crippen molar-refractivity contribution in [3.8, 4) is 0 Å². The largest absolute Gasteiger partial charge is 0.324 e. The standard InChI is InChI=1S/C24H31N5/c1-19-26-27-24(18-20-8-4-2-5-9-20)29(19)22-12-15-28(16-13-22)17-14-23(25)21-10-6-3-7-11-21/h2-11,22-23H,12-18,25H2,1H3. The summed E-state index contributed by atoms with van der Waals surface area (Å²) < 4.78 is 2.38. The zero-order valence-corrected chi connectivity index (χ0v) is 17.2. The van der Waals surface area contributed by atoms with Gasteiger partial charge in [0, 0.05) is 31.6 Å². The Bertz CT molecular complexity index is 882. The molecule has 2 N–H and O–H groups in total. The number of benzene rings is 2. The SMILES string of the molecule is Cc1nnc(Cc2ccccc2)n1C1CCN(CCC(N)c2ccccc2)CC1. The van der Waals surface area contributed by atoms with Gasteiger partial charge in [-0.3, -0.25) is 0 Å². The Hall–Kier alpha value is -2.50. The van der Waals surface area contributed by atoms with E-state index >= 15 is 0 Å². The summed E-state index contributed by atoms with van der Waals surface area (Å²) in [6.07, 6.45) is 4.12. The first-order chi connectivity index (χ1) is 14.2. The van der Waals surface area contributed by atoms with Gasteiger partial charge in [0.1, 0.15) is 11.6 Å². The highest BCUT2D eigenvalue weighted by Gasteiger charge is 2.24. The van der Waals surface area contributed by atoms with Crippen LogP contribution < -0.4 is 5.73 Å². The van der Waals surface area contributed by atoms with Gasteiger partial charge in [-0.15, -0.1) is 10.2 Å². The fourth-order valence-corrected chi connectivity index (χ4v) is 4.38. The summed E-state index contributed by atoms with van der Waals surface area (Å²) in [5.41, 5.74) is 8.90. The summed E-state index contributed by atoms with van der Waals surface area (Å²) in [6, 6.07) is 21.6. The predicted octanol–water partition coefficient (Wildman–Crippen LogP) is 3.90. The van der Waals surface area contributed by atoms with Crippen molar-refractivity contribution in [1.82, 2.24) is 19.7 Å². The molecule has 4 rings (SSSR count). The second-order valence-corrected chi connectivity index (χ2v) is 8.07. The minimum atomic E-state index is 0.117. The molecule has 1 atom stereocenters. The molecule has 0 spiro atoms. The van der Waals surface area contributed by atoms with Crippen LogP contribution in [0, 0.1) is 6.92 Å². The molecule has 0 radical (unpaired) electrons. The second-order valence-electron chi connectivity index (χ2n) is 8.07. The minimum absolute atomic E-state index is 0.117. The van der Waals surface area contributed by atoms with Gasteiger partial charge in [-0.25, -0.2) is 0 Å². The van der Waals surface area contributed by atoms with Gasteiger partial charge in [-0.2, -0.15) is 0 Å². The van der Waals surface area contributed by atoms with Crippen molar-refractivity contribution in [2.45, 2.75) is 44.7 Å². The number of aryl methyl sites for hydroxylation is 1. The van der Waals surface area contributed by atoms with Crippen molar-refractivity contribution in [1.29, 1.82) is 0 Å². The summed E-state index contributed by atoms with van der Waals surface area (Å²) in [7, 11) is 0. The minimum Gasteiger partial charge on any atom is -0.324 e. The van der Waals surface area contributed by atoms with Gasteiger partial charge >= 0.3 is 0 Å². The fourth-order valence-electron chi connectivity index (χ4n) is 4.38. The highest BCUT2D eigenvalue weighted by Crippen LogP contribution is 2.26. The molecular weight excluding hydrogens is 358 g/mol. The van der Waals surface area contributed by atoms with Crippen LogP contribution in [0.4, 0.5) is 0 Å². The summed E-state index contributed by atoms with van der Waals surface area (Å²) in [4.78, 5) is 2.55. The van der Waals surface area contributed by atoms with E-state index in [2.05, 4.69) is 81.2 Å². The lowest BCUT2D eigenvalue weighted by atomic mass is 10.0. The molecule has 0 saturated carbocycles. The molecule has 29 heavy (non-hydrogen) atoms. The van der Waals surface area contributed by atoms with E-state index in [9.17, 15) is 0 Å². The molecule has 0 aliphatic carbocycles. The number of piperidine rings is 1. The van der Waals surface area contributed by atoms with Gasteiger partial charge in [0.25, 0.3) is 0 Å². The highest BCUT2D eigenvalue weighted by atomic mass is 15.3. The van der Waals surface area contributed by atoms with Gasteiger partial charge < -0.3 is 15.2 Å². The molecule has 1 fully saturated rings. The first-order valence-electron chi connectivity index (χ1n) is 10.7. The smallest absolute Gasteiger partial charge is 0.137 e. The zero-order chi connectivity index (χ0) is 20.1. The van der Waals surface area contributed by atoms with E-state index in [0.29, 0.717) is 6.04 Å². The Morgan fingerprint density at radius 2 is 1.62 bits per heavy atom. The average Bonchev–Trinajstić information content (AvgIpc) is 3.13. The van der Waals surface area contributed by atoms with Crippen LogP contribution in [0.2, 0.25) is 0 Å². The van der Waals surface area contributed by atoms with Crippen LogP contribution in [0.5, 0.6) is 0 Å². The van der Waals surface area contributed by atoms with Crippen LogP contribution in [-0.2, 0) is 6.42 Å². The first kappa shape index (κ1) is 19.8. The van der Waals surface area contributed by atoms with Crippen LogP contribution in [0.3, 0.4) is 0 Å². The molecule has 1 unspecified atom stereocenters. The Kier molecular flexibility index (Phi) is 6.37. The Morgan fingerprint density at radius 1 is 0.966 bits per heavy atom. The number of hydrogen-bond donors (Lipinski definition) is 1. The third kappa shape index (κ3) is 4.92. The van der Waals surface area contributed by atoms with Crippen molar-refractivity contribution in [3.63, 3.8) is 0 Å². The topological polar surface area (TPSA) is 60.0 Å². The third-order valence-electron chi connectivity index (χ3n) is 6.05. The molecule has 5 nitrogen and oxygen atoms in total. The summed E-state index contributed by atoms with van der Waals surface area (Å²) in [5, 5.41) is 8.86. The van der Waals surface area contributed by atoms with E-state index in [4.69, 9.17) is 5.73 Å². The van der Waals surface area contributed by atoms with Gasteiger partial charge in [0.15, 0.2) is 0 Å². The number of aromatic nitrogens is 3. The Labute approximate surface area is 173 Å². The van der Waals surface area contributed by atoms with Crippen molar-refractivity contribution in [2.24, 2.45) is 5.73 Å². The Morgan fingerprint density at radius 3 is 2.31 bits per heavy atom. The molecule has 1 aliphatic heterocycles. The monoisotopic (exact) mass is 389 g/mol. The zero-order valence-electron chi connectivity index (χ0n) is 17.2. The molecule has 1 aromatic heterocycles. The number of nitrogens with zero attached hydrogens (tertiary/aromatic N) is 4.